The first-order valence-electron chi connectivity index (χ1n) is 17.2. The molecule has 0 atom stereocenters. The predicted molar refractivity (Wildman–Crippen MR) is 152 cm³/mol. The number of hydrogen-bond donors (Lipinski definition) is 10. The first-order chi connectivity index (χ1) is 24.5. The summed E-state index contributed by atoms with van der Waals surface area (Å²) in [5.74, 6) is -3.69. The second-order valence-corrected chi connectivity index (χ2v) is 6.17. The lowest BCUT2D eigenvalue weighted by atomic mass is 10.1. The molecule has 0 aliphatic carbocycles. The second-order valence-electron chi connectivity index (χ2n) is 6.17. The largest absolute Gasteiger partial charge is 0.481 e. The fourth-order valence-corrected chi connectivity index (χ4v) is 1.36. The number of nitrogens with two attached hydrogens (primary N) is 4. The summed E-state index contributed by atoms with van der Waals surface area (Å²) in [7, 11) is 0. The zero-order valence-corrected chi connectivity index (χ0v) is 22.7. The van der Waals surface area contributed by atoms with Crippen molar-refractivity contribution in [3.05, 3.63) is 0 Å². The second kappa shape index (κ2) is 39.5. The first kappa shape index (κ1) is 26.0. The molecule has 0 aromatic heterocycles. The summed E-state index contributed by atoms with van der Waals surface area (Å²) in [6.45, 7) is -3.51. The Bertz CT molecular complexity index is 1340. The van der Waals surface area contributed by atoms with Crippen molar-refractivity contribution in [2.75, 3.05) is 26.1 Å². The maximum atomic E-state index is 10.3. The number of nitrogens with zero attached hydrogens (tertiary/aromatic N) is 1. The Kier molecular flexibility index (Phi) is 23.9. The van der Waals surface area contributed by atoms with Gasteiger partial charge in [0.25, 0.3) is 0 Å². The lowest BCUT2D eigenvalue weighted by molar-refractivity contribution is -0.138. The van der Waals surface area contributed by atoms with E-state index < -0.39 is 87.7 Å². The number of nitriles is 1. The molecule has 1 fully saturated rings. The van der Waals surface area contributed by atoms with Gasteiger partial charge in [-0.15, -0.1) is 0 Å². The monoisotopic (exact) mass is 632 g/mol. The number of nitrogens with one attached hydrogen (secondary N) is 1. The van der Waals surface area contributed by atoms with Crippen molar-refractivity contribution in [1.82, 2.24) is 5.32 Å². The number of amides is 2. The standard InChI is InChI=1S/C5H7NO2.3C4H9NO2.2C4H5NO2/c7-4-2-1-3-5(8)6-4;5*5-3-1-2-4(6)7/h1-3H2,(H,6,7,8);3*1-3,5H2,(H,6,7);3,5H2,(H,6,7);1-2H2,(H,6,7)/i;2D2,3D2;2*1D2,2D2;;. The van der Waals surface area contributed by atoms with Crippen LogP contribution in [0.5, 0.6) is 0 Å². The maximum Gasteiger partial charge on any atom is 0.381 e. The molecule has 0 aromatic rings. The quantitative estimate of drug-likeness (QED) is 0.0928. The van der Waals surface area contributed by atoms with Gasteiger partial charge in [0, 0.05) is 60.8 Å². The fourth-order valence-electron chi connectivity index (χ4n) is 1.36. The molecule has 0 aromatic carbocycles. The van der Waals surface area contributed by atoms with E-state index in [2.05, 4.69) is 11.2 Å². The zero-order valence-electron chi connectivity index (χ0n) is 34.7. The highest BCUT2D eigenvalue weighted by atomic mass is 16.4. The molecule has 1 saturated heterocycles. The van der Waals surface area contributed by atoms with Gasteiger partial charge in [-0.25, -0.2) is 4.79 Å². The molecule has 1 aliphatic rings. The lowest BCUT2D eigenvalue weighted by Gasteiger charge is -2.07. The van der Waals surface area contributed by atoms with Crippen LogP contribution in [0.3, 0.4) is 0 Å². The topological polar surface area (TPSA) is 361 Å². The minimum absolute atomic E-state index is 0.0451. The van der Waals surface area contributed by atoms with Crippen LogP contribution in [0.2, 0.25) is 0 Å². The van der Waals surface area contributed by atoms with Gasteiger partial charge >= 0.3 is 29.8 Å². The summed E-state index contributed by atoms with van der Waals surface area (Å²) in [6.07, 6.45) is -12.6. The van der Waals surface area contributed by atoms with E-state index in [1.165, 1.54) is 0 Å². The van der Waals surface area contributed by atoms with Gasteiger partial charge in [-0.2, -0.15) is 5.26 Å². The molecule has 0 spiro atoms. The summed E-state index contributed by atoms with van der Waals surface area (Å²) >= 11 is 0. The van der Waals surface area contributed by atoms with Crippen LogP contribution in [0, 0.1) is 23.2 Å². The van der Waals surface area contributed by atoms with E-state index in [0.717, 1.165) is 0 Å². The summed E-state index contributed by atoms with van der Waals surface area (Å²) in [4.78, 5) is 70.2. The van der Waals surface area contributed by atoms with Gasteiger partial charge < -0.3 is 48.5 Å². The molecule has 0 unspecified atom stereocenters. The number of piperidine rings is 1. The third kappa shape index (κ3) is 72.6. The maximum absolute atomic E-state index is 10.3. The van der Waals surface area contributed by atoms with Gasteiger partial charge in [0.15, 0.2) is 0 Å². The number of rotatable bonds is 11. The Hall–Kier alpha value is -4.62. The molecule has 0 saturated carbocycles. The molecule has 18 nitrogen and oxygen atoms in total. The predicted octanol–water partition coefficient (Wildman–Crippen LogP) is -1.35. The molecule has 1 heterocycles. The van der Waals surface area contributed by atoms with E-state index in [9.17, 15) is 33.6 Å². The van der Waals surface area contributed by atoms with Crippen LogP contribution in [0.4, 0.5) is 0 Å². The van der Waals surface area contributed by atoms with Crippen LogP contribution in [0.25, 0.3) is 0 Å². The van der Waals surface area contributed by atoms with Crippen LogP contribution in [0.15, 0.2) is 0 Å². The Balaban J connectivity index is -0.000000184. The Labute approximate surface area is 266 Å². The average molecular weight is 633 g/mol. The van der Waals surface area contributed by atoms with Gasteiger partial charge in [-0.3, -0.25) is 34.1 Å². The number of carboxylic acids is 5. The third-order valence-corrected chi connectivity index (χ3v) is 2.77. The molecule has 18 heteroatoms. The number of aliphatic carboxylic acids is 5. The summed E-state index contributed by atoms with van der Waals surface area (Å²) in [5.41, 5.74) is 19.3. The molecule has 0 radical (unpaired) electrons. The van der Waals surface area contributed by atoms with Crippen molar-refractivity contribution in [2.24, 2.45) is 22.9 Å². The fraction of sp³-hybridized carbons (Fsp3) is 0.600. The molecule has 43 heavy (non-hydrogen) atoms. The Morgan fingerprint density at radius 1 is 0.791 bits per heavy atom. The number of carbonyl (C=O) groups is 7. The van der Waals surface area contributed by atoms with E-state index in [1.54, 1.807) is 6.07 Å². The van der Waals surface area contributed by atoms with Gasteiger partial charge in [0.2, 0.25) is 11.8 Å². The smallest absolute Gasteiger partial charge is 0.381 e. The van der Waals surface area contributed by atoms with Crippen molar-refractivity contribution in [3.63, 3.8) is 0 Å². The highest BCUT2D eigenvalue weighted by Crippen LogP contribution is 2.00. The SMILES string of the molecule is N#CCCC(=O)O.NCC#CC(=O)O.O=C1CCCC(=O)N1.[2H]C([2H])(CN)C([2H])([2H])C(=O)O.[2H]C([2H])(CN)C([2H])([2H])C(=O)O.[2H]C([2H])(N)CC([2H])([2H])C(=O)O. The molecule has 1 rings (SSSR count). The lowest BCUT2D eigenvalue weighted by Crippen LogP contribution is -2.33. The van der Waals surface area contributed by atoms with E-state index >= 15 is 0 Å². The first-order valence-corrected chi connectivity index (χ1v) is 11.2. The van der Waals surface area contributed by atoms with Crippen LogP contribution in [-0.4, -0.2) is 93.3 Å². The van der Waals surface area contributed by atoms with Crippen molar-refractivity contribution in [1.29, 1.82) is 5.26 Å². The van der Waals surface area contributed by atoms with Crippen molar-refractivity contribution >= 4 is 41.7 Å². The molecule has 246 valence electrons. The average Bonchev–Trinajstić information content (AvgIpc) is 3.02. The zero-order chi connectivity index (χ0) is 45.2. The van der Waals surface area contributed by atoms with Gasteiger partial charge in [-0.1, -0.05) is 5.92 Å². The molecule has 1 aliphatic heterocycles. The molecular weight excluding hydrogens is 576 g/mol. The van der Waals surface area contributed by atoms with E-state index in [0.29, 0.717) is 19.3 Å². The number of carboxylic acid groups (broad SMARTS) is 5. The van der Waals surface area contributed by atoms with Crippen LogP contribution < -0.4 is 28.3 Å². The van der Waals surface area contributed by atoms with E-state index in [-0.39, 0.29) is 31.2 Å². The Morgan fingerprint density at radius 3 is 1.37 bits per heavy atom. The van der Waals surface area contributed by atoms with Crippen LogP contribution in [0.1, 0.15) is 86.8 Å². The molecule has 2 amide bonds. The van der Waals surface area contributed by atoms with Gasteiger partial charge in [0.1, 0.15) is 0 Å². The normalized spacial score (nSPS) is 16.4. The number of hydrogen-bond acceptors (Lipinski definition) is 12. The summed E-state index contributed by atoms with van der Waals surface area (Å²) in [5, 5.41) is 50.4. The summed E-state index contributed by atoms with van der Waals surface area (Å²) in [6, 6.07) is 1.72. The van der Waals surface area contributed by atoms with Crippen molar-refractivity contribution in [2.45, 2.75) is 70.4 Å². The van der Waals surface area contributed by atoms with Crippen molar-refractivity contribution < 1.29 is 75.5 Å². The third-order valence-electron chi connectivity index (χ3n) is 2.77. The van der Waals surface area contributed by atoms with Crippen LogP contribution >= 0.6 is 0 Å². The van der Waals surface area contributed by atoms with Crippen molar-refractivity contribution in [3.8, 4) is 17.9 Å². The number of carbonyl (C=O) groups excluding carboxylic acids is 2. The highest BCUT2D eigenvalue weighted by molar-refractivity contribution is 5.97. The summed E-state index contributed by atoms with van der Waals surface area (Å²) < 4.78 is 81.8. The highest BCUT2D eigenvalue weighted by Gasteiger charge is 2.13. The van der Waals surface area contributed by atoms with Crippen LogP contribution in [-0.2, 0) is 33.6 Å². The van der Waals surface area contributed by atoms with Gasteiger partial charge in [-0.05, 0) is 45.2 Å². The molecule has 14 N–H and O–H groups in total. The van der Waals surface area contributed by atoms with E-state index in [4.69, 9.17) is 70.2 Å². The van der Waals surface area contributed by atoms with E-state index in [1.807, 2.05) is 5.92 Å². The molecular formula is C25H44N6O12. The number of imide groups is 1. The molecule has 0 bridgehead atoms. The minimum Gasteiger partial charge on any atom is -0.481 e. The Morgan fingerprint density at radius 2 is 1.23 bits per heavy atom. The van der Waals surface area contributed by atoms with Gasteiger partial charge in [0.05, 0.1) is 19.0 Å². The minimum atomic E-state index is -2.93.